The van der Waals surface area contributed by atoms with E-state index >= 15 is 0 Å². The molecule has 2 N–H and O–H groups in total. The second-order valence-electron chi connectivity index (χ2n) is 11.0. The first-order valence-corrected chi connectivity index (χ1v) is 12.7. The molecule has 7 nitrogen and oxygen atoms in total. The molecule has 1 saturated heterocycles. The zero-order chi connectivity index (χ0) is 24.5. The number of amides is 1. The molecule has 1 aliphatic carbocycles. The van der Waals surface area contributed by atoms with Crippen LogP contribution in [0.1, 0.15) is 63.1 Å². The predicted molar refractivity (Wildman–Crippen MR) is 137 cm³/mol. The van der Waals surface area contributed by atoms with Gasteiger partial charge in [-0.25, -0.2) is 0 Å². The monoisotopic (exact) mass is 467 g/mol. The number of rotatable bonds is 7. The Morgan fingerprint density at radius 2 is 2.06 bits per heavy atom. The van der Waals surface area contributed by atoms with Gasteiger partial charge in [-0.1, -0.05) is 39.8 Å². The Hall–Kier alpha value is -2.38. The van der Waals surface area contributed by atoms with E-state index in [9.17, 15) is 4.79 Å². The molecule has 2 unspecified atom stereocenters. The summed E-state index contributed by atoms with van der Waals surface area (Å²) in [6.07, 6.45) is 8.02. The number of nitrogens with one attached hydrogen (secondary N) is 2. The normalized spacial score (nSPS) is 19.8. The quantitative estimate of drug-likeness (QED) is 0.640. The number of aromatic nitrogens is 3. The zero-order valence-corrected chi connectivity index (χ0v) is 21.7. The van der Waals surface area contributed by atoms with Gasteiger partial charge in [0.05, 0.1) is 31.0 Å². The van der Waals surface area contributed by atoms with E-state index in [1.165, 1.54) is 16.8 Å². The van der Waals surface area contributed by atoms with E-state index in [0.29, 0.717) is 13.2 Å². The first-order chi connectivity index (χ1) is 16.2. The van der Waals surface area contributed by atoms with Gasteiger partial charge >= 0.3 is 0 Å². The summed E-state index contributed by atoms with van der Waals surface area (Å²) in [7, 11) is 1.94. The van der Waals surface area contributed by atoms with E-state index in [4.69, 9.17) is 4.74 Å². The minimum atomic E-state index is -0.0831. The van der Waals surface area contributed by atoms with Gasteiger partial charge in [-0.3, -0.25) is 14.8 Å². The van der Waals surface area contributed by atoms with Gasteiger partial charge in [0.1, 0.15) is 5.69 Å². The fraction of sp³-hybridized carbons (Fsp3) is 0.630. The van der Waals surface area contributed by atoms with Crippen LogP contribution in [0, 0.1) is 12.3 Å². The van der Waals surface area contributed by atoms with E-state index in [-0.39, 0.29) is 23.4 Å². The molecule has 34 heavy (non-hydrogen) atoms. The number of likely N-dealkylation sites (N-methyl/N-ethyl adjacent to an activating group) is 1. The Bertz CT molecular complexity index is 1020. The van der Waals surface area contributed by atoms with Crippen molar-refractivity contribution in [3.8, 4) is 11.4 Å². The molecule has 186 valence electrons. The lowest BCUT2D eigenvalue weighted by atomic mass is 9.88. The van der Waals surface area contributed by atoms with E-state index in [0.717, 1.165) is 55.9 Å². The van der Waals surface area contributed by atoms with Crippen molar-refractivity contribution in [2.75, 3.05) is 33.4 Å². The number of ether oxygens (including phenoxy) is 1. The minimum Gasteiger partial charge on any atom is -0.379 e. The Balaban J connectivity index is 1.48. The summed E-state index contributed by atoms with van der Waals surface area (Å²) < 4.78 is 5.48. The number of aryl methyl sites for hydroxylation is 1. The number of H-pyrrole nitrogens is 2. The number of carbonyl (C=O) groups is 1. The number of aromatic amines is 2. The molecule has 1 aliphatic heterocycles. The molecular formula is C27H41N5O2. The maximum Gasteiger partial charge on any atom is 0.240 e. The number of morpholine rings is 1. The Morgan fingerprint density at radius 3 is 2.74 bits per heavy atom. The highest BCUT2D eigenvalue weighted by Gasteiger charge is 2.32. The van der Waals surface area contributed by atoms with Gasteiger partial charge in [-0.2, -0.15) is 5.10 Å². The number of hydrogen-bond acceptors (Lipinski definition) is 4. The Kier molecular flexibility index (Phi) is 7.33. The van der Waals surface area contributed by atoms with Gasteiger partial charge in [0.15, 0.2) is 0 Å². The summed E-state index contributed by atoms with van der Waals surface area (Å²) in [4.78, 5) is 21.2. The lowest BCUT2D eigenvalue weighted by Crippen LogP contribution is -2.53. The lowest BCUT2D eigenvalue weighted by molar-refractivity contribution is -0.138. The van der Waals surface area contributed by atoms with E-state index < -0.39 is 0 Å². The summed E-state index contributed by atoms with van der Waals surface area (Å²) in [5.41, 5.74) is 7.14. The molecule has 0 spiro atoms. The van der Waals surface area contributed by atoms with E-state index in [2.05, 4.69) is 72.9 Å². The molecule has 0 radical (unpaired) electrons. The standard InChI is InChI=1S/C27H41N5O2/c1-7-24(32-12-14-34-15-13-32)26(33)31(6)20-9-8-19-16-23(28-22(19)17-20)25-21(18(2)29-30-25)10-11-27(3,4)5/h8-9,16,20,24,28H,7,10-15,17H2,1-6H3,(H,29,30). The maximum absolute atomic E-state index is 13.4. The Labute approximate surface area is 203 Å². The molecule has 0 saturated carbocycles. The fourth-order valence-corrected chi connectivity index (χ4v) is 5.07. The van der Waals surface area contributed by atoms with Crippen LogP contribution in [-0.4, -0.2) is 76.3 Å². The van der Waals surface area contributed by atoms with Crippen molar-refractivity contribution < 1.29 is 9.53 Å². The average Bonchev–Trinajstić information content (AvgIpc) is 3.40. The van der Waals surface area contributed by atoms with Gasteiger partial charge in [-0.15, -0.1) is 0 Å². The zero-order valence-electron chi connectivity index (χ0n) is 21.7. The molecule has 0 bridgehead atoms. The van der Waals surface area contributed by atoms with Crippen LogP contribution < -0.4 is 0 Å². The highest BCUT2D eigenvalue weighted by molar-refractivity contribution is 5.82. The molecule has 2 atom stereocenters. The SMILES string of the molecule is CCC(C(=O)N(C)C1C=Cc2cc(-c3n[nH]c(C)c3CCC(C)(C)C)[nH]c2C1)N1CCOCC1. The van der Waals surface area contributed by atoms with Crippen LogP contribution in [0.2, 0.25) is 0 Å². The summed E-state index contributed by atoms with van der Waals surface area (Å²) >= 11 is 0. The van der Waals surface area contributed by atoms with Crippen LogP contribution in [0.5, 0.6) is 0 Å². The smallest absolute Gasteiger partial charge is 0.240 e. The van der Waals surface area contributed by atoms with Crippen molar-refractivity contribution in [1.29, 1.82) is 0 Å². The number of nitrogens with zero attached hydrogens (tertiary/aromatic N) is 3. The van der Waals surface area contributed by atoms with Crippen LogP contribution in [-0.2, 0) is 22.4 Å². The molecule has 7 heteroatoms. The maximum atomic E-state index is 13.4. The molecule has 4 rings (SSSR count). The van der Waals surface area contributed by atoms with Gasteiger partial charge in [0.25, 0.3) is 0 Å². The second kappa shape index (κ2) is 10.1. The number of hydrogen-bond donors (Lipinski definition) is 2. The molecule has 0 aromatic carbocycles. The van der Waals surface area contributed by atoms with Crippen LogP contribution in [0.4, 0.5) is 0 Å². The topological polar surface area (TPSA) is 77.2 Å². The van der Waals surface area contributed by atoms with Gasteiger partial charge in [0.2, 0.25) is 5.91 Å². The predicted octanol–water partition coefficient (Wildman–Crippen LogP) is 4.20. The first-order valence-electron chi connectivity index (χ1n) is 12.7. The molecule has 2 aromatic heterocycles. The van der Waals surface area contributed by atoms with Crippen LogP contribution in [0.3, 0.4) is 0 Å². The van der Waals surface area contributed by atoms with Crippen molar-refractivity contribution in [2.45, 2.75) is 72.4 Å². The molecule has 2 aliphatic rings. The van der Waals surface area contributed by atoms with Crippen molar-refractivity contribution in [3.63, 3.8) is 0 Å². The summed E-state index contributed by atoms with van der Waals surface area (Å²) in [5, 5.41) is 7.83. The average molecular weight is 468 g/mol. The largest absolute Gasteiger partial charge is 0.379 e. The van der Waals surface area contributed by atoms with Crippen LogP contribution >= 0.6 is 0 Å². The van der Waals surface area contributed by atoms with Crippen molar-refractivity contribution in [3.05, 3.63) is 34.7 Å². The van der Waals surface area contributed by atoms with Gasteiger partial charge in [0, 0.05) is 43.5 Å². The molecule has 2 aromatic rings. The highest BCUT2D eigenvalue weighted by Crippen LogP contribution is 2.32. The molecule has 1 amide bonds. The second-order valence-corrected chi connectivity index (χ2v) is 11.0. The third-order valence-corrected chi connectivity index (χ3v) is 7.30. The molecule has 1 fully saturated rings. The lowest BCUT2D eigenvalue weighted by Gasteiger charge is -2.37. The first kappa shape index (κ1) is 24.7. The van der Waals surface area contributed by atoms with Crippen molar-refractivity contribution in [2.24, 2.45) is 5.41 Å². The van der Waals surface area contributed by atoms with E-state index in [1.54, 1.807) is 0 Å². The van der Waals surface area contributed by atoms with Crippen LogP contribution in [0.15, 0.2) is 12.1 Å². The fourth-order valence-electron chi connectivity index (χ4n) is 5.07. The third kappa shape index (κ3) is 5.31. The summed E-state index contributed by atoms with van der Waals surface area (Å²) in [6, 6.07) is 2.16. The number of carbonyl (C=O) groups excluding carboxylic acids is 1. The summed E-state index contributed by atoms with van der Waals surface area (Å²) in [6.45, 7) is 14.1. The molecular weight excluding hydrogens is 426 g/mol. The Morgan fingerprint density at radius 1 is 1.32 bits per heavy atom. The third-order valence-electron chi connectivity index (χ3n) is 7.30. The number of fused-ring (bicyclic) bond motifs is 1. The van der Waals surface area contributed by atoms with Gasteiger partial charge in [-0.05, 0) is 43.2 Å². The van der Waals surface area contributed by atoms with E-state index in [1.807, 2.05) is 11.9 Å². The summed E-state index contributed by atoms with van der Waals surface area (Å²) in [5.74, 6) is 0.196. The highest BCUT2D eigenvalue weighted by atomic mass is 16.5. The molecule has 3 heterocycles. The minimum absolute atomic E-state index is 0.0443. The van der Waals surface area contributed by atoms with Crippen molar-refractivity contribution >= 4 is 12.0 Å². The van der Waals surface area contributed by atoms with Crippen molar-refractivity contribution in [1.82, 2.24) is 25.0 Å². The van der Waals surface area contributed by atoms with Gasteiger partial charge < -0.3 is 14.6 Å². The van der Waals surface area contributed by atoms with Crippen LogP contribution in [0.25, 0.3) is 17.5 Å².